The van der Waals surface area contributed by atoms with Crippen molar-refractivity contribution in [1.29, 1.82) is 0 Å². The van der Waals surface area contributed by atoms with Gasteiger partial charge in [0.25, 0.3) is 7.82 Å². The fraction of sp³-hybridized carbons (Fsp3) is 0.947. The number of rotatable bonds is 72. The lowest BCUT2D eigenvalue weighted by atomic mass is 10.0. The fourth-order valence-corrected chi connectivity index (χ4v) is 12.8. The Bertz CT molecular complexity index is 1470. The van der Waals surface area contributed by atoms with Gasteiger partial charge >= 0.3 is 5.97 Å². The molecular formula is C76H151N2O7P. The van der Waals surface area contributed by atoms with E-state index < -0.39 is 20.0 Å². The summed E-state index contributed by atoms with van der Waals surface area (Å²) >= 11 is 0. The predicted molar refractivity (Wildman–Crippen MR) is 372 cm³/mol. The molecule has 10 heteroatoms. The summed E-state index contributed by atoms with van der Waals surface area (Å²) in [7, 11) is 1.22. The van der Waals surface area contributed by atoms with Crippen LogP contribution in [0.5, 0.6) is 0 Å². The number of unbranched alkanes of at least 4 members (excludes halogenated alkanes) is 56. The van der Waals surface area contributed by atoms with Gasteiger partial charge in [-0.05, 0) is 31.8 Å². The Morgan fingerprint density at radius 3 is 0.953 bits per heavy atom. The SMILES string of the molecule is CCCCCCCCCCCC/C=C\C(OC(=O)CCCCCCCCCCCCCCCCCCCCCCCCCCCCC)C(COP(=O)([O-])OCC[N+](C)(C)C)NC(=O)CCCCCCCCCCCCCCCCCCCCCCC. The molecule has 0 aliphatic carbocycles. The van der Waals surface area contributed by atoms with Crippen molar-refractivity contribution in [2.75, 3.05) is 40.9 Å². The van der Waals surface area contributed by atoms with Gasteiger partial charge in [0.1, 0.15) is 19.3 Å². The highest BCUT2D eigenvalue weighted by Gasteiger charge is 2.27. The van der Waals surface area contributed by atoms with Crippen molar-refractivity contribution in [3.8, 4) is 0 Å². The molecule has 0 radical (unpaired) electrons. The molecule has 3 unspecified atom stereocenters. The molecule has 1 N–H and O–H groups in total. The first kappa shape index (κ1) is 84.8. The van der Waals surface area contributed by atoms with Gasteiger partial charge < -0.3 is 28.5 Å². The van der Waals surface area contributed by atoms with Crippen molar-refractivity contribution < 1.29 is 37.3 Å². The number of ether oxygens (including phenoxy) is 1. The monoisotopic (exact) mass is 1240 g/mol. The van der Waals surface area contributed by atoms with E-state index >= 15 is 0 Å². The van der Waals surface area contributed by atoms with Crippen molar-refractivity contribution in [3.63, 3.8) is 0 Å². The predicted octanol–water partition coefficient (Wildman–Crippen LogP) is 24.0. The Morgan fingerprint density at radius 1 is 0.395 bits per heavy atom. The Hall–Kier alpha value is -1.25. The van der Waals surface area contributed by atoms with Gasteiger partial charge in [0.2, 0.25) is 5.91 Å². The minimum Gasteiger partial charge on any atom is -0.756 e. The van der Waals surface area contributed by atoms with E-state index in [0.29, 0.717) is 17.4 Å². The third kappa shape index (κ3) is 67.2. The summed E-state index contributed by atoms with van der Waals surface area (Å²) in [6.07, 6.45) is 80.7. The normalized spacial score (nSPS) is 13.4. The molecule has 3 atom stereocenters. The fourth-order valence-electron chi connectivity index (χ4n) is 12.1. The van der Waals surface area contributed by atoms with Gasteiger partial charge in [0, 0.05) is 12.8 Å². The van der Waals surface area contributed by atoms with Crippen molar-refractivity contribution >= 4 is 19.7 Å². The number of phosphoric acid groups is 1. The number of amides is 1. The van der Waals surface area contributed by atoms with Crippen LogP contribution in [0.3, 0.4) is 0 Å². The lowest BCUT2D eigenvalue weighted by Gasteiger charge is -2.30. The summed E-state index contributed by atoms with van der Waals surface area (Å²) in [6.45, 7) is 6.94. The Kier molecular flexibility index (Phi) is 65.7. The van der Waals surface area contributed by atoms with Crippen LogP contribution in [0.15, 0.2) is 12.2 Å². The highest BCUT2D eigenvalue weighted by molar-refractivity contribution is 7.45. The zero-order chi connectivity index (χ0) is 62.8. The molecule has 0 rings (SSSR count). The molecule has 0 aromatic rings. The number of quaternary nitrogens is 1. The van der Waals surface area contributed by atoms with Crippen molar-refractivity contribution in [2.24, 2.45) is 0 Å². The average molecular weight is 1240 g/mol. The molecule has 0 spiro atoms. The van der Waals surface area contributed by atoms with Gasteiger partial charge in [-0.3, -0.25) is 14.2 Å². The number of phosphoric ester groups is 1. The summed E-state index contributed by atoms with van der Waals surface area (Å²) in [5.41, 5.74) is 0. The van der Waals surface area contributed by atoms with Crippen LogP contribution < -0.4 is 10.2 Å². The molecule has 9 nitrogen and oxygen atoms in total. The molecule has 0 heterocycles. The summed E-state index contributed by atoms with van der Waals surface area (Å²) in [5, 5.41) is 3.06. The van der Waals surface area contributed by atoms with Crippen LogP contribution in [-0.4, -0.2) is 69.4 Å². The maximum Gasteiger partial charge on any atom is 0.306 e. The number of hydrogen-bond donors (Lipinski definition) is 1. The first-order valence-electron chi connectivity index (χ1n) is 38.5. The van der Waals surface area contributed by atoms with Gasteiger partial charge in [-0.2, -0.15) is 0 Å². The second-order valence-electron chi connectivity index (χ2n) is 27.9. The van der Waals surface area contributed by atoms with Crippen molar-refractivity contribution in [3.05, 3.63) is 12.2 Å². The topological polar surface area (TPSA) is 114 Å². The Balaban J connectivity index is 4.90. The first-order chi connectivity index (χ1) is 41.9. The van der Waals surface area contributed by atoms with E-state index in [2.05, 4.69) is 26.1 Å². The van der Waals surface area contributed by atoms with Crippen LogP contribution in [0.2, 0.25) is 0 Å². The summed E-state index contributed by atoms with van der Waals surface area (Å²) < 4.78 is 30.5. The van der Waals surface area contributed by atoms with Crippen LogP contribution in [0, 0.1) is 0 Å². The number of likely N-dealkylation sites (N-methyl/N-ethyl adjacent to an activating group) is 1. The zero-order valence-corrected chi connectivity index (χ0v) is 59.7. The number of nitrogens with one attached hydrogen (secondary N) is 1. The Labute approximate surface area is 537 Å². The summed E-state index contributed by atoms with van der Waals surface area (Å²) in [4.78, 5) is 40.3. The number of carbonyl (C=O) groups excluding carboxylic acids is 2. The first-order valence-corrected chi connectivity index (χ1v) is 40.0. The van der Waals surface area contributed by atoms with Crippen LogP contribution in [0.25, 0.3) is 0 Å². The zero-order valence-electron chi connectivity index (χ0n) is 58.8. The Morgan fingerprint density at radius 2 is 0.663 bits per heavy atom. The standard InChI is InChI=1S/C76H151N2O7P/c1-7-10-13-16-19-22-25-28-30-32-34-36-37-38-39-40-41-43-45-47-49-51-54-57-60-63-66-69-76(80)85-74(67-64-61-58-55-52-27-24-21-18-15-12-9-3)73(72-84-86(81,82)83-71-70-78(4,5)6)77-75(79)68-65-62-59-56-53-50-48-46-44-42-35-33-31-29-26-23-20-17-14-11-8-2/h64,67,73-74H,7-63,65-66,68-72H2,1-6H3,(H-,77,79,81,82)/b67-64-. The average Bonchev–Trinajstić information content (AvgIpc) is 3.66. The van der Waals surface area contributed by atoms with Gasteiger partial charge in [-0.25, -0.2) is 0 Å². The largest absolute Gasteiger partial charge is 0.756 e. The second-order valence-corrected chi connectivity index (χ2v) is 29.3. The third-order valence-electron chi connectivity index (χ3n) is 18.0. The molecule has 0 fully saturated rings. The van der Waals surface area contributed by atoms with Crippen LogP contribution in [0.4, 0.5) is 0 Å². The number of allylic oxidation sites excluding steroid dienone is 1. The molecule has 0 saturated carbocycles. The molecule has 0 aliphatic rings. The van der Waals surface area contributed by atoms with Gasteiger partial charge in [0.05, 0.1) is 33.8 Å². The number of carbonyl (C=O) groups is 2. The van der Waals surface area contributed by atoms with Crippen molar-refractivity contribution in [2.45, 2.75) is 425 Å². The maximum absolute atomic E-state index is 13.6. The minimum absolute atomic E-state index is 0.0163. The second kappa shape index (κ2) is 66.7. The molecule has 512 valence electrons. The lowest BCUT2D eigenvalue weighted by Crippen LogP contribution is -2.47. The van der Waals surface area contributed by atoms with E-state index in [1.54, 1.807) is 0 Å². The summed E-state index contributed by atoms with van der Waals surface area (Å²) in [6, 6.07) is -0.881. The number of hydrogen-bond acceptors (Lipinski definition) is 7. The maximum atomic E-state index is 13.6. The highest BCUT2D eigenvalue weighted by atomic mass is 31.2. The summed E-state index contributed by atoms with van der Waals surface area (Å²) in [5.74, 6) is -0.510. The van der Waals surface area contributed by atoms with Gasteiger partial charge in [-0.15, -0.1) is 0 Å². The number of nitrogens with zero attached hydrogens (tertiary/aromatic N) is 1. The molecule has 0 aliphatic heterocycles. The minimum atomic E-state index is -4.70. The van der Waals surface area contributed by atoms with Crippen LogP contribution in [-0.2, 0) is 27.9 Å². The molecular weight excluding hydrogens is 1080 g/mol. The highest BCUT2D eigenvalue weighted by Crippen LogP contribution is 2.38. The van der Waals surface area contributed by atoms with E-state index in [9.17, 15) is 19.0 Å². The molecule has 0 aromatic heterocycles. The third-order valence-corrected chi connectivity index (χ3v) is 18.9. The quantitative estimate of drug-likeness (QED) is 0.0212. The smallest absolute Gasteiger partial charge is 0.306 e. The van der Waals surface area contributed by atoms with E-state index in [0.717, 1.165) is 57.8 Å². The molecule has 0 aromatic carbocycles. The van der Waals surface area contributed by atoms with E-state index in [-0.39, 0.29) is 31.5 Å². The lowest BCUT2D eigenvalue weighted by molar-refractivity contribution is -0.870. The molecule has 0 bridgehead atoms. The van der Waals surface area contributed by atoms with E-state index in [4.69, 9.17) is 13.8 Å². The number of esters is 1. The van der Waals surface area contributed by atoms with Crippen LogP contribution in [0.1, 0.15) is 412 Å². The van der Waals surface area contributed by atoms with E-state index in [1.807, 2.05) is 33.3 Å². The molecule has 1 amide bonds. The van der Waals surface area contributed by atoms with E-state index in [1.165, 1.54) is 321 Å². The van der Waals surface area contributed by atoms with Gasteiger partial charge in [0.15, 0.2) is 0 Å². The molecule has 86 heavy (non-hydrogen) atoms. The van der Waals surface area contributed by atoms with Crippen molar-refractivity contribution in [1.82, 2.24) is 5.32 Å². The molecule has 0 saturated heterocycles. The van der Waals surface area contributed by atoms with Crippen LogP contribution >= 0.6 is 7.82 Å². The van der Waals surface area contributed by atoms with Gasteiger partial charge in [-0.1, -0.05) is 380 Å².